The van der Waals surface area contributed by atoms with Gasteiger partial charge in [-0.3, -0.25) is 0 Å². The maximum atomic E-state index is 13.4. The molecule has 0 aliphatic heterocycles. The van der Waals surface area contributed by atoms with Gasteiger partial charge in [0.05, 0.1) is 18.8 Å². The predicted molar refractivity (Wildman–Crippen MR) is 64.8 cm³/mol. The van der Waals surface area contributed by atoms with Crippen LogP contribution in [0.1, 0.15) is 11.1 Å². The number of benzene rings is 2. The summed E-state index contributed by atoms with van der Waals surface area (Å²) in [5.41, 5.74) is 0.896. The molecule has 2 aromatic carbocycles. The molecule has 94 valence electrons. The van der Waals surface area contributed by atoms with Crippen LogP contribution in [-0.2, 0) is 13.2 Å². The summed E-state index contributed by atoms with van der Waals surface area (Å²) in [6, 6.07) is 11.2. The first-order valence-corrected chi connectivity index (χ1v) is 5.50. The number of ether oxygens (including phenoxy) is 1. The van der Waals surface area contributed by atoms with E-state index < -0.39 is 12.4 Å². The Kier molecular flexibility index (Phi) is 3.92. The van der Waals surface area contributed by atoms with E-state index in [9.17, 15) is 4.39 Å². The van der Waals surface area contributed by atoms with Crippen LogP contribution in [0.25, 0.3) is 0 Å². The minimum atomic E-state index is -0.498. The molecule has 2 aromatic rings. The van der Waals surface area contributed by atoms with Crippen LogP contribution in [0.3, 0.4) is 0 Å². The molecule has 2 rings (SSSR count). The van der Waals surface area contributed by atoms with Crippen LogP contribution in [0, 0.1) is 5.82 Å². The summed E-state index contributed by atoms with van der Waals surface area (Å²) in [5.74, 6) is 0.309. The van der Waals surface area contributed by atoms with Crippen molar-refractivity contribution in [1.82, 2.24) is 0 Å². The van der Waals surface area contributed by atoms with Crippen LogP contribution >= 0.6 is 0 Å². The van der Waals surface area contributed by atoms with Crippen molar-refractivity contribution in [3.05, 3.63) is 59.4 Å². The standard InChI is InChI=1S/C14H13FO3/c15-13-2-1-3-14(12(13)9-17)18-11-6-4-10(8-16)5-7-11/h1-7,16-17H,8-9H2. The Labute approximate surface area is 104 Å². The number of hydrogen-bond acceptors (Lipinski definition) is 3. The van der Waals surface area contributed by atoms with Gasteiger partial charge in [0.25, 0.3) is 0 Å². The third-order valence-corrected chi connectivity index (χ3v) is 2.57. The third-order valence-electron chi connectivity index (χ3n) is 2.57. The van der Waals surface area contributed by atoms with Crippen molar-refractivity contribution in [2.75, 3.05) is 0 Å². The molecule has 0 heterocycles. The monoisotopic (exact) mass is 248 g/mol. The summed E-state index contributed by atoms with van der Waals surface area (Å²) in [7, 11) is 0. The smallest absolute Gasteiger partial charge is 0.135 e. The molecule has 2 N–H and O–H groups in total. The molecule has 0 spiro atoms. The molecule has 0 aromatic heterocycles. The van der Waals surface area contributed by atoms with Gasteiger partial charge in [-0.2, -0.15) is 0 Å². The van der Waals surface area contributed by atoms with Crippen molar-refractivity contribution < 1.29 is 19.3 Å². The van der Waals surface area contributed by atoms with E-state index in [4.69, 9.17) is 14.9 Å². The van der Waals surface area contributed by atoms with E-state index in [1.807, 2.05) is 0 Å². The zero-order chi connectivity index (χ0) is 13.0. The lowest BCUT2D eigenvalue weighted by Gasteiger charge is -2.10. The van der Waals surface area contributed by atoms with Crippen LogP contribution in [-0.4, -0.2) is 10.2 Å². The molecule has 0 bridgehead atoms. The lowest BCUT2D eigenvalue weighted by molar-refractivity contribution is 0.270. The van der Waals surface area contributed by atoms with Gasteiger partial charge in [0.2, 0.25) is 0 Å². The summed E-state index contributed by atoms with van der Waals surface area (Å²) in [6.45, 7) is -0.459. The Bertz CT molecular complexity index is 523. The van der Waals surface area contributed by atoms with E-state index in [-0.39, 0.29) is 17.9 Å². The summed E-state index contributed by atoms with van der Waals surface area (Å²) >= 11 is 0. The summed E-state index contributed by atoms with van der Waals surface area (Å²) in [5, 5.41) is 18.0. The first-order valence-electron chi connectivity index (χ1n) is 5.50. The summed E-state index contributed by atoms with van der Waals surface area (Å²) in [6.07, 6.45) is 0. The fourth-order valence-electron chi connectivity index (χ4n) is 1.58. The normalized spacial score (nSPS) is 10.4. The molecule has 4 heteroatoms. The average Bonchev–Trinajstić information content (AvgIpc) is 2.40. The van der Waals surface area contributed by atoms with E-state index in [1.54, 1.807) is 30.3 Å². The molecule has 18 heavy (non-hydrogen) atoms. The van der Waals surface area contributed by atoms with E-state index in [2.05, 4.69) is 0 Å². The summed E-state index contributed by atoms with van der Waals surface area (Å²) < 4.78 is 18.9. The average molecular weight is 248 g/mol. The Morgan fingerprint density at radius 2 is 1.67 bits per heavy atom. The SMILES string of the molecule is OCc1ccc(Oc2cccc(F)c2CO)cc1. The molecule has 0 fully saturated rings. The minimum Gasteiger partial charge on any atom is -0.457 e. The fourth-order valence-corrected chi connectivity index (χ4v) is 1.58. The molecule has 0 saturated carbocycles. The zero-order valence-corrected chi connectivity index (χ0v) is 9.64. The van der Waals surface area contributed by atoms with Gasteiger partial charge in [-0.25, -0.2) is 4.39 Å². The predicted octanol–water partition coefficient (Wildman–Crippen LogP) is 2.60. The molecule has 0 saturated heterocycles. The van der Waals surface area contributed by atoms with Gasteiger partial charge in [0, 0.05) is 0 Å². The second-order valence-electron chi connectivity index (χ2n) is 3.78. The van der Waals surface area contributed by atoms with E-state index >= 15 is 0 Å². The maximum Gasteiger partial charge on any atom is 0.135 e. The molecule has 0 atom stereocenters. The summed E-state index contributed by atoms with van der Waals surface area (Å²) in [4.78, 5) is 0. The zero-order valence-electron chi connectivity index (χ0n) is 9.64. The number of halogens is 1. The highest BCUT2D eigenvalue weighted by Crippen LogP contribution is 2.27. The molecular formula is C14H13FO3. The van der Waals surface area contributed by atoms with Crippen molar-refractivity contribution in [3.8, 4) is 11.5 Å². The molecule has 3 nitrogen and oxygen atoms in total. The van der Waals surface area contributed by atoms with E-state index in [0.717, 1.165) is 5.56 Å². The number of aliphatic hydroxyl groups is 2. The van der Waals surface area contributed by atoms with Gasteiger partial charge >= 0.3 is 0 Å². The van der Waals surface area contributed by atoms with Crippen molar-refractivity contribution >= 4 is 0 Å². The van der Waals surface area contributed by atoms with Crippen molar-refractivity contribution in [2.45, 2.75) is 13.2 Å². The second-order valence-corrected chi connectivity index (χ2v) is 3.78. The van der Waals surface area contributed by atoms with Crippen molar-refractivity contribution in [2.24, 2.45) is 0 Å². The Morgan fingerprint density at radius 1 is 0.944 bits per heavy atom. The number of aliphatic hydroxyl groups excluding tert-OH is 2. The molecule has 0 aliphatic rings. The lowest BCUT2D eigenvalue weighted by Crippen LogP contribution is -1.95. The van der Waals surface area contributed by atoms with Gasteiger partial charge in [0.1, 0.15) is 17.3 Å². The molecular weight excluding hydrogens is 235 g/mol. The molecule has 0 unspecified atom stereocenters. The van der Waals surface area contributed by atoms with Crippen LogP contribution < -0.4 is 4.74 Å². The van der Waals surface area contributed by atoms with Crippen LogP contribution in [0.15, 0.2) is 42.5 Å². The Balaban J connectivity index is 2.25. The maximum absolute atomic E-state index is 13.4. The highest BCUT2D eigenvalue weighted by Gasteiger charge is 2.09. The minimum absolute atomic E-state index is 0.0395. The van der Waals surface area contributed by atoms with Gasteiger partial charge < -0.3 is 14.9 Å². The molecule has 0 aliphatic carbocycles. The lowest BCUT2D eigenvalue weighted by atomic mass is 10.2. The number of rotatable bonds is 4. The quantitative estimate of drug-likeness (QED) is 0.874. The Morgan fingerprint density at radius 3 is 2.28 bits per heavy atom. The first-order chi connectivity index (χ1) is 8.74. The van der Waals surface area contributed by atoms with E-state index in [0.29, 0.717) is 5.75 Å². The highest BCUT2D eigenvalue weighted by molar-refractivity contribution is 5.39. The topological polar surface area (TPSA) is 49.7 Å². The highest BCUT2D eigenvalue weighted by atomic mass is 19.1. The van der Waals surface area contributed by atoms with Gasteiger partial charge in [-0.1, -0.05) is 18.2 Å². The van der Waals surface area contributed by atoms with Gasteiger partial charge in [-0.15, -0.1) is 0 Å². The third kappa shape index (κ3) is 2.67. The molecule has 0 amide bonds. The van der Waals surface area contributed by atoms with Crippen LogP contribution in [0.4, 0.5) is 4.39 Å². The van der Waals surface area contributed by atoms with Crippen LogP contribution in [0.2, 0.25) is 0 Å². The van der Waals surface area contributed by atoms with Crippen molar-refractivity contribution in [1.29, 1.82) is 0 Å². The number of hydrogen-bond donors (Lipinski definition) is 2. The van der Waals surface area contributed by atoms with Gasteiger partial charge in [-0.05, 0) is 29.8 Å². The second kappa shape index (κ2) is 5.62. The van der Waals surface area contributed by atoms with E-state index in [1.165, 1.54) is 12.1 Å². The largest absolute Gasteiger partial charge is 0.457 e. The van der Waals surface area contributed by atoms with Crippen LogP contribution in [0.5, 0.6) is 11.5 Å². The fraction of sp³-hybridized carbons (Fsp3) is 0.143. The van der Waals surface area contributed by atoms with Gasteiger partial charge in [0.15, 0.2) is 0 Å². The van der Waals surface area contributed by atoms with Crippen molar-refractivity contribution in [3.63, 3.8) is 0 Å². The first kappa shape index (κ1) is 12.5. The molecule has 0 radical (unpaired) electrons. The Hall–Kier alpha value is -1.91.